The van der Waals surface area contributed by atoms with Crippen LogP contribution in [-0.4, -0.2) is 0 Å². The highest BCUT2D eigenvalue weighted by atomic mass is 32.1. The van der Waals surface area contributed by atoms with Gasteiger partial charge in [0.2, 0.25) is 0 Å². The Labute approximate surface area is 315 Å². The molecule has 0 amide bonds. The largest absolute Gasteiger partial charge is 0.311 e. The van der Waals surface area contributed by atoms with Crippen LogP contribution < -0.4 is 4.90 Å². The molecule has 0 N–H and O–H groups in total. The van der Waals surface area contributed by atoms with Gasteiger partial charge in [0.05, 0.1) is 0 Å². The number of allylic oxidation sites excluding steroid dienone is 4. The van der Waals surface area contributed by atoms with Crippen molar-refractivity contribution in [3.05, 3.63) is 193 Å². The summed E-state index contributed by atoms with van der Waals surface area (Å²) >= 11 is 1.93. The minimum absolute atomic E-state index is 0.0795. The minimum Gasteiger partial charge on any atom is -0.311 e. The number of hydrogen-bond donors (Lipinski definition) is 0. The van der Waals surface area contributed by atoms with Crippen LogP contribution in [0, 0.1) is 0 Å². The van der Waals surface area contributed by atoms with Crippen LogP contribution in [0.15, 0.2) is 176 Å². The van der Waals surface area contributed by atoms with E-state index in [0.29, 0.717) is 0 Å². The normalized spacial score (nSPS) is 14.3. The first-order valence-electron chi connectivity index (χ1n) is 18.6. The maximum atomic E-state index is 2.44. The highest BCUT2D eigenvalue weighted by Crippen LogP contribution is 2.54. The molecule has 2 heteroatoms. The lowest BCUT2D eigenvalue weighted by Gasteiger charge is -2.26. The van der Waals surface area contributed by atoms with E-state index in [9.17, 15) is 0 Å². The van der Waals surface area contributed by atoms with Crippen molar-refractivity contribution in [2.45, 2.75) is 32.1 Å². The van der Waals surface area contributed by atoms with Crippen molar-refractivity contribution in [3.63, 3.8) is 0 Å². The maximum absolute atomic E-state index is 2.44. The Morgan fingerprint density at radius 3 is 1.81 bits per heavy atom. The Bertz CT molecular complexity index is 2710. The Balaban J connectivity index is 1.02. The minimum atomic E-state index is -0.0795. The average molecular weight is 698 g/mol. The second-order valence-electron chi connectivity index (χ2n) is 14.8. The summed E-state index contributed by atoms with van der Waals surface area (Å²) in [4.78, 5) is 2.37. The second kappa shape index (κ2) is 12.6. The van der Waals surface area contributed by atoms with Gasteiger partial charge in [0, 0.05) is 48.2 Å². The van der Waals surface area contributed by atoms with Gasteiger partial charge < -0.3 is 4.90 Å². The molecule has 2 aliphatic carbocycles. The summed E-state index contributed by atoms with van der Waals surface area (Å²) in [6.07, 6.45) is 8.86. The molecule has 0 saturated carbocycles. The number of fused-ring (bicyclic) bond motifs is 7. The van der Waals surface area contributed by atoms with E-state index in [-0.39, 0.29) is 5.41 Å². The number of hydrogen-bond acceptors (Lipinski definition) is 2. The Morgan fingerprint density at radius 2 is 1.13 bits per heavy atom. The van der Waals surface area contributed by atoms with Crippen LogP contribution in [0.3, 0.4) is 0 Å². The molecule has 0 unspecified atom stereocenters. The monoisotopic (exact) mass is 697 g/mol. The first-order valence-corrected chi connectivity index (χ1v) is 19.5. The summed E-state index contributed by atoms with van der Waals surface area (Å²) < 4.78 is 2.76. The standard InChI is InChI=1S/C51H39NS/c1-51(2)46-32-31-44-43-15-9-10-16-48(43)53-50(44)49(46)45-30-23-39(33-47(45)51)38-21-28-42(29-22-38)52(40-24-17-36(18-25-40)34-11-5-3-6-12-34)41-26-19-37(20-27-41)35-13-7-4-8-14-35/h3-7,9-13,15-33H,8,14H2,1-2H3. The van der Waals surface area contributed by atoms with Crippen LogP contribution in [0.1, 0.15) is 43.4 Å². The number of benzene rings is 7. The molecule has 1 heterocycles. The summed E-state index contributed by atoms with van der Waals surface area (Å²) in [5.74, 6) is 0. The van der Waals surface area contributed by atoms with Crippen molar-refractivity contribution in [2.24, 2.45) is 0 Å². The Hall–Kier alpha value is -5.96. The lowest BCUT2D eigenvalue weighted by Crippen LogP contribution is -2.14. The maximum Gasteiger partial charge on any atom is 0.0462 e. The molecule has 0 saturated heterocycles. The molecular weight excluding hydrogens is 659 g/mol. The number of thiophene rings is 1. The molecule has 0 fully saturated rings. The molecule has 53 heavy (non-hydrogen) atoms. The van der Waals surface area contributed by atoms with E-state index in [1.807, 2.05) is 11.3 Å². The zero-order chi connectivity index (χ0) is 35.5. The van der Waals surface area contributed by atoms with Crippen LogP contribution in [0.5, 0.6) is 0 Å². The van der Waals surface area contributed by atoms with Crippen molar-refractivity contribution < 1.29 is 0 Å². The summed E-state index contributed by atoms with van der Waals surface area (Å²) in [7, 11) is 0. The van der Waals surface area contributed by atoms with Gasteiger partial charge in [0.15, 0.2) is 0 Å². The average Bonchev–Trinajstić information content (AvgIpc) is 3.71. The number of nitrogens with zero attached hydrogens (tertiary/aromatic N) is 1. The van der Waals surface area contributed by atoms with Gasteiger partial charge in [-0.05, 0) is 111 Å². The van der Waals surface area contributed by atoms with Crippen molar-refractivity contribution >= 4 is 54.1 Å². The Kier molecular flexibility index (Phi) is 7.56. The zero-order valence-electron chi connectivity index (χ0n) is 30.0. The molecule has 7 aromatic carbocycles. The summed E-state index contributed by atoms with van der Waals surface area (Å²) in [6, 6.07) is 58.4. The van der Waals surface area contributed by atoms with E-state index in [1.165, 1.54) is 75.8 Å². The first kappa shape index (κ1) is 31.7. The van der Waals surface area contributed by atoms with Gasteiger partial charge >= 0.3 is 0 Å². The van der Waals surface area contributed by atoms with Crippen LogP contribution in [-0.2, 0) is 5.41 Å². The van der Waals surface area contributed by atoms with Gasteiger partial charge in [-0.3, -0.25) is 0 Å². The topological polar surface area (TPSA) is 3.24 Å². The van der Waals surface area contributed by atoms with Crippen molar-refractivity contribution in [3.8, 4) is 33.4 Å². The smallest absolute Gasteiger partial charge is 0.0462 e. The molecule has 254 valence electrons. The van der Waals surface area contributed by atoms with Gasteiger partial charge in [-0.1, -0.05) is 141 Å². The fourth-order valence-electron chi connectivity index (χ4n) is 8.53. The molecule has 1 aromatic heterocycles. The van der Waals surface area contributed by atoms with Crippen molar-refractivity contribution in [1.82, 2.24) is 0 Å². The summed E-state index contributed by atoms with van der Waals surface area (Å²) in [5.41, 5.74) is 16.6. The summed E-state index contributed by atoms with van der Waals surface area (Å²) in [5, 5.41) is 2.72. The molecule has 0 bridgehead atoms. The van der Waals surface area contributed by atoms with E-state index in [4.69, 9.17) is 0 Å². The second-order valence-corrected chi connectivity index (χ2v) is 15.9. The molecule has 0 radical (unpaired) electrons. The third-order valence-corrected chi connectivity index (χ3v) is 12.6. The lowest BCUT2D eigenvalue weighted by atomic mass is 9.81. The lowest BCUT2D eigenvalue weighted by molar-refractivity contribution is 0.661. The van der Waals surface area contributed by atoms with Gasteiger partial charge in [0.1, 0.15) is 0 Å². The molecule has 0 aliphatic heterocycles. The molecular formula is C51H39NS. The summed E-state index contributed by atoms with van der Waals surface area (Å²) in [6.45, 7) is 4.77. The molecule has 10 rings (SSSR count). The Morgan fingerprint density at radius 1 is 0.528 bits per heavy atom. The first-order chi connectivity index (χ1) is 26.0. The number of anilines is 3. The highest BCUT2D eigenvalue weighted by molar-refractivity contribution is 7.26. The van der Waals surface area contributed by atoms with E-state index in [0.717, 1.165) is 29.9 Å². The molecule has 2 aliphatic rings. The fraction of sp³-hybridized carbons (Fsp3) is 0.0980. The van der Waals surface area contributed by atoms with Crippen LogP contribution in [0.4, 0.5) is 17.1 Å². The SMILES string of the molecule is CC1(C)c2cc(-c3ccc(N(c4ccc(C5=CC=CCC5)cc4)c4ccc(-c5ccccc5)cc4)cc3)ccc2-c2c1ccc1c2sc2ccccc21. The third kappa shape index (κ3) is 5.36. The van der Waals surface area contributed by atoms with Crippen molar-refractivity contribution in [2.75, 3.05) is 4.90 Å². The molecule has 1 nitrogen and oxygen atoms in total. The van der Waals surface area contributed by atoms with Crippen LogP contribution in [0.2, 0.25) is 0 Å². The van der Waals surface area contributed by atoms with E-state index >= 15 is 0 Å². The molecule has 0 atom stereocenters. The highest BCUT2D eigenvalue weighted by Gasteiger charge is 2.37. The van der Waals surface area contributed by atoms with Crippen molar-refractivity contribution in [1.29, 1.82) is 0 Å². The van der Waals surface area contributed by atoms with E-state index < -0.39 is 0 Å². The quantitative estimate of drug-likeness (QED) is 0.167. The van der Waals surface area contributed by atoms with Crippen LogP contribution >= 0.6 is 11.3 Å². The predicted octanol–water partition coefficient (Wildman–Crippen LogP) is 14.9. The van der Waals surface area contributed by atoms with E-state index in [1.54, 1.807) is 0 Å². The van der Waals surface area contributed by atoms with Gasteiger partial charge in [-0.2, -0.15) is 0 Å². The molecule has 0 spiro atoms. The van der Waals surface area contributed by atoms with Gasteiger partial charge in [-0.25, -0.2) is 0 Å². The van der Waals surface area contributed by atoms with Gasteiger partial charge in [0.25, 0.3) is 0 Å². The van der Waals surface area contributed by atoms with E-state index in [2.05, 4.69) is 195 Å². The number of rotatable bonds is 6. The predicted molar refractivity (Wildman–Crippen MR) is 229 cm³/mol. The fourth-order valence-corrected chi connectivity index (χ4v) is 9.80. The van der Waals surface area contributed by atoms with Gasteiger partial charge in [-0.15, -0.1) is 11.3 Å². The van der Waals surface area contributed by atoms with Crippen LogP contribution in [0.25, 0.3) is 59.1 Å². The molecule has 8 aromatic rings. The third-order valence-electron chi connectivity index (χ3n) is 11.4. The zero-order valence-corrected chi connectivity index (χ0v) is 30.8.